The molecule has 7 heteroatoms. The summed E-state index contributed by atoms with van der Waals surface area (Å²) < 4.78 is 27.3. The van der Waals surface area contributed by atoms with Gasteiger partial charge in [0.1, 0.15) is 5.75 Å². The number of amides is 2. The van der Waals surface area contributed by atoms with Gasteiger partial charge in [0.25, 0.3) is 10.8 Å². The molecule has 0 radical (unpaired) electrons. The summed E-state index contributed by atoms with van der Waals surface area (Å²) in [5.41, 5.74) is 5.09. The number of aryl methyl sites for hydroxylation is 3. The molecule has 2 aliphatic rings. The lowest BCUT2D eigenvalue weighted by molar-refractivity contribution is -0.123. The van der Waals surface area contributed by atoms with Crippen molar-refractivity contribution in [1.82, 2.24) is 0 Å². The van der Waals surface area contributed by atoms with Gasteiger partial charge < -0.3 is 4.90 Å². The maximum absolute atomic E-state index is 14.2. The quantitative estimate of drug-likeness (QED) is 0.596. The molecule has 1 unspecified atom stereocenters. The number of para-hydroxylation sites is 1. The zero-order chi connectivity index (χ0) is 23.5. The average molecular weight is 461 g/mol. The molecule has 168 valence electrons. The normalized spacial score (nSPS) is 21.2. The van der Waals surface area contributed by atoms with Crippen LogP contribution in [0.15, 0.2) is 66.7 Å². The Hall–Kier alpha value is -3.45. The third-order valence-electron chi connectivity index (χ3n) is 6.76. The van der Waals surface area contributed by atoms with E-state index in [9.17, 15) is 18.0 Å². The number of hydrogen-bond acceptors (Lipinski definition) is 4. The molecule has 0 aliphatic carbocycles. The van der Waals surface area contributed by atoms with Crippen LogP contribution < -0.4 is 9.80 Å². The summed E-state index contributed by atoms with van der Waals surface area (Å²) in [6, 6.07) is 19.9. The van der Waals surface area contributed by atoms with Crippen LogP contribution in [0.2, 0.25) is 0 Å². The standard InChI is InChI=1S/C26H24N2O4S/c1-17-12-13-21(14-19(17)3)28-24(29)16-33(31,32)26(28)22-10-6-7-11-23(22)27(25(26)30)15-20-9-5-4-8-18(20)2/h4-14H,15-16H2,1-3H3. The monoisotopic (exact) mass is 460 g/mol. The van der Waals surface area contributed by atoms with E-state index in [4.69, 9.17) is 0 Å². The summed E-state index contributed by atoms with van der Waals surface area (Å²) in [6.45, 7) is 6.01. The maximum Gasteiger partial charge on any atom is 0.274 e. The van der Waals surface area contributed by atoms with Crippen LogP contribution in [0.3, 0.4) is 0 Å². The van der Waals surface area contributed by atoms with Crippen LogP contribution in [0.25, 0.3) is 0 Å². The smallest absolute Gasteiger partial charge is 0.274 e. The van der Waals surface area contributed by atoms with Crippen molar-refractivity contribution in [3.05, 3.63) is 94.5 Å². The number of fused-ring (bicyclic) bond motifs is 2. The van der Waals surface area contributed by atoms with Crippen LogP contribution >= 0.6 is 0 Å². The molecule has 2 heterocycles. The molecule has 1 saturated heterocycles. The topological polar surface area (TPSA) is 74.8 Å². The van der Waals surface area contributed by atoms with Gasteiger partial charge in [-0.05, 0) is 61.2 Å². The van der Waals surface area contributed by atoms with Crippen molar-refractivity contribution in [1.29, 1.82) is 0 Å². The van der Waals surface area contributed by atoms with Gasteiger partial charge in [-0.15, -0.1) is 0 Å². The lowest BCUT2D eigenvalue weighted by Crippen LogP contribution is -2.54. The number of anilines is 2. The lowest BCUT2D eigenvalue weighted by atomic mass is 10.0. The molecule has 5 rings (SSSR count). The molecule has 1 fully saturated rings. The first kappa shape index (κ1) is 21.4. The van der Waals surface area contributed by atoms with Crippen LogP contribution in [0.5, 0.6) is 0 Å². The van der Waals surface area contributed by atoms with Crippen molar-refractivity contribution in [2.75, 3.05) is 15.6 Å². The minimum absolute atomic E-state index is 0.217. The van der Waals surface area contributed by atoms with E-state index in [1.807, 2.05) is 51.1 Å². The molecule has 33 heavy (non-hydrogen) atoms. The van der Waals surface area contributed by atoms with Crippen molar-refractivity contribution in [3.63, 3.8) is 0 Å². The van der Waals surface area contributed by atoms with Gasteiger partial charge in [0.05, 0.1) is 12.2 Å². The van der Waals surface area contributed by atoms with E-state index in [0.717, 1.165) is 22.3 Å². The first-order valence-electron chi connectivity index (χ1n) is 10.8. The van der Waals surface area contributed by atoms with Gasteiger partial charge in [0, 0.05) is 11.3 Å². The second-order valence-electron chi connectivity index (χ2n) is 8.74. The zero-order valence-electron chi connectivity index (χ0n) is 18.7. The summed E-state index contributed by atoms with van der Waals surface area (Å²) in [5.74, 6) is -1.92. The Morgan fingerprint density at radius 2 is 1.55 bits per heavy atom. The molecule has 1 atom stereocenters. The van der Waals surface area contributed by atoms with Crippen molar-refractivity contribution in [2.24, 2.45) is 0 Å². The van der Waals surface area contributed by atoms with Crippen molar-refractivity contribution < 1.29 is 18.0 Å². The van der Waals surface area contributed by atoms with Gasteiger partial charge in [-0.3, -0.25) is 14.5 Å². The van der Waals surface area contributed by atoms with E-state index in [0.29, 0.717) is 16.9 Å². The Morgan fingerprint density at radius 1 is 0.848 bits per heavy atom. The molecule has 3 aromatic carbocycles. The third-order valence-corrected chi connectivity index (χ3v) is 8.87. The number of hydrogen-bond donors (Lipinski definition) is 0. The van der Waals surface area contributed by atoms with Crippen molar-refractivity contribution in [2.45, 2.75) is 32.2 Å². The highest BCUT2D eigenvalue weighted by Crippen LogP contribution is 2.52. The van der Waals surface area contributed by atoms with Crippen LogP contribution in [-0.4, -0.2) is 26.0 Å². The molecule has 1 spiro atoms. The Balaban J connectivity index is 1.75. The van der Waals surface area contributed by atoms with E-state index in [1.54, 1.807) is 36.4 Å². The second kappa shape index (κ2) is 7.28. The number of benzene rings is 3. The van der Waals surface area contributed by atoms with Gasteiger partial charge in [-0.25, -0.2) is 8.42 Å². The first-order valence-corrected chi connectivity index (χ1v) is 12.4. The minimum Gasteiger partial charge on any atom is -0.304 e. The highest BCUT2D eigenvalue weighted by molar-refractivity contribution is 7.94. The molecule has 3 aromatic rings. The summed E-state index contributed by atoms with van der Waals surface area (Å²) in [6.07, 6.45) is 0. The Morgan fingerprint density at radius 3 is 2.27 bits per heavy atom. The molecule has 0 saturated carbocycles. The highest BCUT2D eigenvalue weighted by Gasteiger charge is 2.69. The van der Waals surface area contributed by atoms with E-state index >= 15 is 0 Å². The summed E-state index contributed by atoms with van der Waals surface area (Å²) in [5, 5.41) is 0. The predicted molar refractivity (Wildman–Crippen MR) is 128 cm³/mol. The van der Waals surface area contributed by atoms with Crippen LogP contribution in [-0.2, 0) is 30.8 Å². The maximum atomic E-state index is 14.2. The average Bonchev–Trinajstić information content (AvgIpc) is 3.14. The molecule has 2 amide bonds. The fourth-order valence-electron chi connectivity index (χ4n) is 4.87. The summed E-state index contributed by atoms with van der Waals surface area (Å²) >= 11 is 0. The van der Waals surface area contributed by atoms with Crippen LogP contribution in [0.4, 0.5) is 11.4 Å². The van der Waals surface area contributed by atoms with Gasteiger partial charge in [-0.2, -0.15) is 0 Å². The van der Waals surface area contributed by atoms with Crippen LogP contribution in [0.1, 0.15) is 27.8 Å². The van der Waals surface area contributed by atoms with Gasteiger partial charge in [-0.1, -0.05) is 48.5 Å². The Labute approximate surface area is 193 Å². The second-order valence-corrected chi connectivity index (χ2v) is 10.8. The molecule has 0 N–H and O–H groups in total. The van der Waals surface area contributed by atoms with Gasteiger partial charge in [0.15, 0.2) is 9.84 Å². The molecular formula is C26H24N2O4S. The highest BCUT2D eigenvalue weighted by atomic mass is 32.2. The van der Waals surface area contributed by atoms with E-state index in [1.165, 1.54) is 9.80 Å². The minimum atomic E-state index is -4.17. The Bertz CT molecular complexity index is 1430. The molecule has 2 aliphatic heterocycles. The van der Waals surface area contributed by atoms with Gasteiger partial charge in [0.2, 0.25) is 5.91 Å². The Kier molecular flexibility index (Phi) is 4.72. The number of carbonyl (C=O) groups is 2. The number of nitrogens with zero attached hydrogens (tertiary/aromatic N) is 2. The predicted octanol–water partition coefficient (Wildman–Crippen LogP) is 3.77. The molecule has 0 aromatic heterocycles. The SMILES string of the molecule is Cc1ccc(N2C(=O)CS(=O)(=O)C23C(=O)N(Cc2ccccc2C)c2ccccc23)cc1C. The van der Waals surface area contributed by atoms with Crippen molar-refractivity contribution >= 4 is 33.0 Å². The van der Waals surface area contributed by atoms with Gasteiger partial charge >= 0.3 is 0 Å². The summed E-state index contributed by atoms with van der Waals surface area (Å²) in [7, 11) is -4.17. The first-order chi connectivity index (χ1) is 15.7. The zero-order valence-corrected chi connectivity index (χ0v) is 19.5. The largest absolute Gasteiger partial charge is 0.304 e. The van der Waals surface area contributed by atoms with E-state index in [2.05, 4.69) is 0 Å². The van der Waals surface area contributed by atoms with Crippen LogP contribution in [0, 0.1) is 20.8 Å². The van der Waals surface area contributed by atoms with Crippen molar-refractivity contribution in [3.8, 4) is 0 Å². The number of sulfone groups is 1. The van der Waals surface area contributed by atoms with E-state index < -0.39 is 32.3 Å². The third kappa shape index (κ3) is 2.88. The molecule has 0 bridgehead atoms. The molecule has 6 nitrogen and oxygen atoms in total. The lowest BCUT2D eigenvalue weighted by Gasteiger charge is -2.33. The fourth-order valence-corrected chi connectivity index (χ4v) is 6.90. The fraction of sp³-hybridized carbons (Fsp3) is 0.231. The van der Waals surface area contributed by atoms with E-state index in [-0.39, 0.29) is 6.54 Å². The molecular weight excluding hydrogens is 436 g/mol. The summed E-state index contributed by atoms with van der Waals surface area (Å²) in [4.78, 5) is 27.9. The number of carbonyl (C=O) groups excluding carboxylic acids is 2. The number of rotatable bonds is 3.